The van der Waals surface area contributed by atoms with Gasteiger partial charge in [0.25, 0.3) is 0 Å². The number of carbonyl (C=O) groups excluding carboxylic acids is 2. The molecule has 0 unspecified atom stereocenters. The van der Waals surface area contributed by atoms with Crippen molar-refractivity contribution in [2.75, 3.05) is 11.1 Å². The molecular formula is C16H14F2N2O2S. The summed E-state index contributed by atoms with van der Waals surface area (Å²) in [6, 6.07) is 9.82. The molecule has 2 aromatic carbocycles. The number of amides is 2. The van der Waals surface area contributed by atoms with E-state index in [4.69, 9.17) is 5.73 Å². The summed E-state index contributed by atoms with van der Waals surface area (Å²) < 4.78 is 25.8. The molecule has 120 valence electrons. The van der Waals surface area contributed by atoms with Crippen LogP contribution in [0.4, 0.5) is 14.5 Å². The van der Waals surface area contributed by atoms with E-state index < -0.39 is 17.5 Å². The van der Waals surface area contributed by atoms with Crippen molar-refractivity contribution in [3.63, 3.8) is 0 Å². The van der Waals surface area contributed by atoms with Crippen LogP contribution in [-0.4, -0.2) is 17.6 Å². The van der Waals surface area contributed by atoms with Crippen LogP contribution in [0.2, 0.25) is 0 Å². The average Bonchev–Trinajstić information content (AvgIpc) is 2.51. The van der Waals surface area contributed by atoms with E-state index >= 15 is 0 Å². The Morgan fingerprint density at radius 2 is 1.74 bits per heavy atom. The molecule has 0 aromatic heterocycles. The number of hydrogen-bond donors (Lipinski definition) is 2. The Balaban J connectivity index is 1.80. The third-order valence-electron chi connectivity index (χ3n) is 2.94. The van der Waals surface area contributed by atoms with Crippen molar-refractivity contribution >= 4 is 29.3 Å². The number of nitrogens with two attached hydrogens (primary N) is 1. The predicted molar refractivity (Wildman–Crippen MR) is 85.3 cm³/mol. The van der Waals surface area contributed by atoms with Gasteiger partial charge in [-0.1, -0.05) is 0 Å². The van der Waals surface area contributed by atoms with Gasteiger partial charge < -0.3 is 11.1 Å². The fourth-order valence-corrected chi connectivity index (χ4v) is 2.64. The van der Waals surface area contributed by atoms with Gasteiger partial charge in [0.1, 0.15) is 0 Å². The number of halogens is 2. The highest BCUT2D eigenvalue weighted by molar-refractivity contribution is 7.99. The van der Waals surface area contributed by atoms with Crippen LogP contribution in [0.15, 0.2) is 47.4 Å². The monoisotopic (exact) mass is 336 g/mol. The minimum absolute atomic E-state index is 0.210. The third kappa shape index (κ3) is 5.07. The Bertz CT molecular complexity index is 721. The Kier molecular flexibility index (Phi) is 5.70. The number of benzene rings is 2. The topological polar surface area (TPSA) is 72.2 Å². The Morgan fingerprint density at radius 1 is 1.04 bits per heavy atom. The second kappa shape index (κ2) is 7.73. The van der Waals surface area contributed by atoms with Gasteiger partial charge in [-0.3, -0.25) is 9.59 Å². The van der Waals surface area contributed by atoms with E-state index in [2.05, 4.69) is 5.32 Å². The largest absolute Gasteiger partial charge is 0.366 e. The summed E-state index contributed by atoms with van der Waals surface area (Å²) in [6.45, 7) is 0. The minimum atomic E-state index is -0.908. The van der Waals surface area contributed by atoms with Gasteiger partial charge in [-0.05, 0) is 42.5 Å². The van der Waals surface area contributed by atoms with Crippen molar-refractivity contribution in [1.29, 1.82) is 0 Å². The summed E-state index contributed by atoms with van der Waals surface area (Å²) in [4.78, 5) is 23.3. The molecule has 2 aromatic rings. The molecule has 0 saturated heterocycles. The second-order valence-electron chi connectivity index (χ2n) is 4.66. The molecule has 0 heterocycles. The SMILES string of the molecule is NC(=O)c1ccc(NC(=O)CCSc2ccc(F)c(F)c2)cc1. The molecule has 3 N–H and O–H groups in total. The first kappa shape index (κ1) is 17.0. The van der Waals surface area contributed by atoms with Crippen molar-refractivity contribution in [1.82, 2.24) is 0 Å². The standard InChI is InChI=1S/C16H14F2N2O2S/c17-13-6-5-12(9-14(13)18)23-8-7-15(21)20-11-3-1-10(2-4-11)16(19)22/h1-6,9H,7-8H2,(H2,19,22)(H,20,21). The van der Waals surface area contributed by atoms with Gasteiger partial charge in [-0.15, -0.1) is 11.8 Å². The van der Waals surface area contributed by atoms with Crippen molar-refractivity contribution in [3.05, 3.63) is 59.7 Å². The summed E-state index contributed by atoms with van der Waals surface area (Å²) in [7, 11) is 0. The van der Waals surface area contributed by atoms with Crippen molar-refractivity contribution in [2.24, 2.45) is 5.73 Å². The van der Waals surface area contributed by atoms with E-state index in [0.717, 1.165) is 12.1 Å². The fourth-order valence-electron chi connectivity index (χ4n) is 1.77. The molecule has 0 atom stereocenters. The molecule has 2 amide bonds. The molecule has 0 spiro atoms. The molecule has 4 nitrogen and oxygen atoms in total. The molecule has 0 radical (unpaired) electrons. The molecule has 0 bridgehead atoms. The predicted octanol–water partition coefficient (Wildman–Crippen LogP) is 3.18. The maximum Gasteiger partial charge on any atom is 0.248 e. The molecular weight excluding hydrogens is 322 g/mol. The molecule has 0 aliphatic heterocycles. The molecule has 0 fully saturated rings. The maximum absolute atomic E-state index is 13.0. The Labute approximate surface area is 136 Å². The Hall–Kier alpha value is -2.41. The van der Waals surface area contributed by atoms with Crippen LogP contribution < -0.4 is 11.1 Å². The first-order valence-electron chi connectivity index (χ1n) is 6.73. The summed E-state index contributed by atoms with van der Waals surface area (Å²) in [5.41, 5.74) is 6.04. The van der Waals surface area contributed by atoms with Gasteiger partial charge >= 0.3 is 0 Å². The average molecular weight is 336 g/mol. The van der Waals surface area contributed by atoms with Crippen molar-refractivity contribution in [2.45, 2.75) is 11.3 Å². The van der Waals surface area contributed by atoms with Crippen LogP contribution in [0, 0.1) is 11.6 Å². The number of thioether (sulfide) groups is 1. The highest BCUT2D eigenvalue weighted by Crippen LogP contribution is 2.21. The molecule has 0 aliphatic rings. The van der Waals surface area contributed by atoms with Crippen LogP contribution >= 0.6 is 11.8 Å². The van der Waals surface area contributed by atoms with Crippen LogP contribution in [-0.2, 0) is 4.79 Å². The number of nitrogens with one attached hydrogen (secondary N) is 1. The number of hydrogen-bond acceptors (Lipinski definition) is 3. The van der Waals surface area contributed by atoms with E-state index in [1.54, 1.807) is 12.1 Å². The smallest absolute Gasteiger partial charge is 0.248 e. The van der Waals surface area contributed by atoms with Gasteiger partial charge in [0.05, 0.1) is 0 Å². The lowest BCUT2D eigenvalue weighted by molar-refractivity contribution is -0.115. The fraction of sp³-hybridized carbons (Fsp3) is 0.125. The molecule has 0 saturated carbocycles. The van der Waals surface area contributed by atoms with E-state index in [-0.39, 0.29) is 12.3 Å². The third-order valence-corrected chi connectivity index (χ3v) is 3.94. The van der Waals surface area contributed by atoms with Crippen LogP contribution in [0.25, 0.3) is 0 Å². The zero-order chi connectivity index (χ0) is 16.8. The summed E-state index contributed by atoms with van der Waals surface area (Å²) in [6.07, 6.45) is 0.210. The quantitative estimate of drug-likeness (QED) is 0.796. The van der Waals surface area contributed by atoms with E-state index in [1.807, 2.05) is 0 Å². The van der Waals surface area contributed by atoms with Gasteiger partial charge in [0.15, 0.2) is 11.6 Å². The van der Waals surface area contributed by atoms with E-state index in [0.29, 0.717) is 21.9 Å². The van der Waals surface area contributed by atoms with Crippen LogP contribution in [0.5, 0.6) is 0 Å². The van der Waals surface area contributed by atoms with E-state index in [1.165, 1.54) is 30.0 Å². The first-order chi connectivity index (χ1) is 11.0. The lowest BCUT2D eigenvalue weighted by Crippen LogP contribution is -2.13. The lowest BCUT2D eigenvalue weighted by atomic mass is 10.2. The van der Waals surface area contributed by atoms with Gasteiger partial charge in [-0.25, -0.2) is 8.78 Å². The second-order valence-corrected chi connectivity index (χ2v) is 5.83. The zero-order valence-electron chi connectivity index (χ0n) is 12.0. The first-order valence-corrected chi connectivity index (χ1v) is 7.72. The van der Waals surface area contributed by atoms with E-state index in [9.17, 15) is 18.4 Å². The number of rotatable bonds is 6. The number of primary amides is 1. The lowest BCUT2D eigenvalue weighted by Gasteiger charge is -2.06. The normalized spacial score (nSPS) is 10.3. The molecule has 7 heteroatoms. The number of anilines is 1. The molecule has 2 rings (SSSR count). The van der Waals surface area contributed by atoms with Crippen LogP contribution in [0.1, 0.15) is 16.8 Å². The van der Waals surface area contributed by atoms with Crippen LogP contribution in [0.3, 0.4) is 0 Å². The van der Waals surface area contributed by atoms with Gasteiger partial charge in [0, 0.05) is 28.3 Å². The van der Waals surface area contributed by atoms with Gasteiger partial charge in [-0.2, -0.15) is 0 Å². The highest BCUT2D eigenvalue weighted by Gasteiger charge is 2.06. The van der Waals surface area contributed by atoms with Gasteiger partial charge in [0.2, 0.25) is 11.8 Å². The highest BCUT2D eigenvalue weighted by atomic mass is 32.2. The van der Waals surface area contributed by atoms with Crippen molar-refractivity contribution in [3.8, 4) is 0 Å². The maximum atomic E-state index is 13.0. The summed E-state index contributed by atoms with van der Waals surface area (Å²) in [5, 5.41) is 2.68. The Morgan fingerprint density at radius 3 is 2.35 bits per heavy atom. The van der Waals surface area contributed by atoms with Crippen molar-refractivity contribution < 1.29 is 18.4 Å². The number of carbonyl (C=O) groups is 2. The molecule has 0 aliphatic carbocycles. The minimum Gasteiger partial charge on any atom is -0.366 e. The summed E-state index contributed by atoms with van der Waals surface area (Å²) >= 11 is 1.26. The molecule has 23 heavy (non-hydrogen) atoms. The zero-order valence-corrected chi connectivity index (χ0v) is 12.8. The summed E-state index contributed by atoms with van der Waals surface area (Å²) in [5.74, 6) is -2.13.